The molecule has 1 aromatic carbocycles. The van der Waals surface area contributed by atoms with Crippen molar-refractivity contribution in [1.82, 2.24) is 4.68 Å². The Kier molecular flexibility index (Phi) is 7.17. The van der Waals surface area contributed by atoms with Gasteiger partial charge in [-0.05, 0) is 50.7 Å². The van der Waals surface area contributed by atoms with Crippen LogP contribution in [0.15, 0.2) is 47.4 Å². The topological polar surface area (TPSA) is 87.1 Å². The number of esters is 1. The Bertz CT molecular complexity index is 1130. The molecule has 35 heavy (non-hydrogen) atoms. The number of pyridine rings is 1. The zero-order valence-corrected chi connectivity index (χ0v) is 21.4. The van der Waals surface area contributed by atoms with Crippen molar-refractivity contribution in [3.8, 4) is 5.75 Å². The van der Waals surface area contributed by atoms with Gasteiger partial charge in [0, 0.05) is 24.6 Å². The Morgan fingerprint density at radius 2 is 1.80 bits per heavy atom. The maximum Gasteiger partial charge on any atom is 0.429 e. The van der Waals surface area contributed by atoms with Gasteiger partial charge >= 0.3 is 12.1 Å². The minimum Gasteiger partial charge on any atom is -0.483 e. The number of carbonyl (C=O) groups excluding carboxylic acids is 2. The van der Waals surface area contributed by atoms with E-state index < -0.39 is 29.2 Å². The molecule has 8 nitrogen and oxygen atoms in total. The van der Waals surface area contributed by atoms with Crippen molar-refractivity contribution in [3.05, 3.63) is 64.1 Å². The van der Waals surface area contributed by atoms with Crippen LogP contribution in [0.4, 0.5) is 4.79 Å². The van der Waals surface area contributed by atoms with Gasteiger partial charge in [-0.15, -0.1) is 0 Å². The number of benzene rings is 1. The molecule has 1 aromatic heterocycles. The Morgan fingerprint density at radius 3 is 2.43 bits per heavy atom. The lowest BCUT2D eigenvalue weighted by Gasteiger charge is -2.50. The molecule has 1 fully saturated rings. The number of hydrogen-bond donors (Lipinski definition) is 0. The van der Waals surface area contributed by atoms with E-state index in [9.17, 15) is 14.4 Å². The van der Waals surface area contributed by atoms with Gasteiger partial charge in [-0.3, -0.25) is 14.3 Å². The predicted octanol–water partition coefficient (Wildman–Crippen LogP) is 4.43. The molecule has 0 aliphatic carbocycles. The van der Waals surface area contributed by atoms with Crippen LogP contribution >= 0.6 is 11.8 Å². The van der Waals surface area contributed by atoms with Gasteiger partial charge in [-0.1, -0.05) is 30.3 Å². The van der Waals surface area contributed by atoms with Gasteiger partial charge in [0.2, 0.25) is 5.43 Å². The van der Waals surface area contributed by atoms with E-state index >= 15 is 0 Å². The summed E-state index contributed by atoms with van der Waals surface area (Å²) in [4.78, 5) is 38.7. The number of hydrogen-bond acceptors (Lipinski definition) is 7. The second-order valence-electron chi connectivity index (χ2n) is 10.0. The number of nitrogens with zero attached hydrogens (tertiary/aromatic N) is 2. The number of fused-ring (bicyclic) bond motifs is 1. The quantitative estimate of drug-likeness (QED) is 0.574. The molecule has 0 saturated carbocycles. The fraction of sp³-hybridized carbons (Fsp3) is 0.500. The molecule has 188 valence electrons. The maximum absolute atomic E-state index is 13.4. The third-order valence-electron chi connectivity index (χ3n) is 6.20. The van der Waals surface area contributed by atoms with E-state index in [4.69, 9.17) is 14.2 Å². The maximum atomic E-state index is 13.4. The smallest absolute Gasteiger partial charge is 0.429 e. The molecular formula is C26H32N2O6S. The largest absolute Gasteiger partial charge is 0.483 e. The lowest BCUT2D eigenvalue weighted by molar-refractivity contribution is -0.157. The molecule has 3 heterocycles. The van der Waals surface area contributed by atoms with Crippen LogP contribution in [0.1, 0.15) is 57.9 Å². The van der Waals surface area contributed by atoms with E-state index in [0.29, 0.717) is 12.2 Å². The summed E-state index contributed by atoms with van der Waals surface area (Å²) in [5.74, 6) is 1.35. The molecule has 1 atom stereocenters. The summed E-state index contributed by atoms with van der Waals surface area (Å²) in [5.41, 5.74) is -0.344. The van der Waals surface area contributed by atoms with Crippen molar-refractivity contribution in [1.29, 1.82) is 0 Å². The van der Waals surface area contributed by atoms with Gasteiger partial charge < -0.3 is 14.2 Å². The number of thioether (sulfide) groups is 1. The number of carbonyl (C=O) groups is 2. The summed E-state index contributed by atoms with van der Waals surface area (Å²) in [6.45, 7) is 7.25. The minimum absolute atomic E-state index is 0.0773. The van der Waals surface area contributed by atoms with E-state index in [1.54, 1.807) is 4.68 Å². The Labute approximate surface area is 209 Å². The monoisotopic (exact) mass is 500 g/mol. The van der Waals surface area contributed by atoms with Gasteiger partial charge in [0.25, 0.3) is 0 Å². The Balaban J connectivity index is 1.85. The second-order valence-corrected chi connectivity index (χ2v) is 11.2. The van der Waals surface area contributed by atoms with Crippen LogP contribution in [0.25, 0.3) is 0 Å². The highest BCUT2D eigenvalue weighted by molar-refractivity contribution is 7.99. The van der Waals surface area contributed by atoms with E-state index in [2.05, 4.69) is 0 Å². The SMILES string of the molecule is CC(=O)OC1c2c(OCc3ccccc3)c(=O)ccn2N(C(=O)OC(C)(C)C)CC12CCSCC2. The first-order valence-electron chi connectivity index (χ1n) is 11.8. The van der Waals surface area contributed by atoms with Crippen LogP contribution in [-0.4, -0.2) is 40.4 Å². The molecular weight excluding hydrogens is 468 g/mol. The highest BCUT2D eigenvalue weighted by atomic mass is 32.2. The van der Waals surface area contributed by atoms with Gasteiger partial charge in [0.1, 0.15) is 17.9 Å². The predicted molar refractivity (Wildman–Crippen MR) is 134 cm³/mol. The molecule has 1 unspecified atom stereocenters. The molecule has 1 spiro atoms. The molecule has 0 radical (unpaired) electrons. The Morgan fingerprint density at radius 1 is 1.11 bits per heavy atom. The molecule has 2 aliphatic heterocycles. The van der Waals surface area contributed by atoms with Crippen LogP contribution in [-0.2, 0) is 20.9 Å². The third kappa shape index (κ3) is 5.50. The van der Waals surface area contributed by atoms with E-state index in [1.165, 1.54) is 24.2 Å². The first kappa shape index (κ1) is 25.2. The summed E-state index contributed by atoms with van der Waals surface area (Å²) in [5, 5.41) is 1.51. The highest BCUT2D eigenvalue weighted by Crippen LogP contribution is 2.51. The van der Waals surface area contributed by atoms with Crippen LogP contribution in [0.5, 0.6) is 5.75 Å². The fourth-order valence-corrected chi connectivity index (χ4v) is 5.91. The van der Waals surface area contributed by atoms with Crippen LogP contribution in [0.2, 0.25) is 0 Å². The average Bonchev–Trinajstić information content (AvgIpc) is 2.80. The van der Waals surface area contributed by atoms with Gasteiger partial charge in [-0.2, -0.15) is 11.8 Å². The molecule has 0 bridgehead atoms. The van der Waals surface area contributed by atoms with Crippen LogP contribution in [0, 0.1) is 5.41 Å². The van der Waals surface area contributed by atoms with Gasteiger partial charge in [0.05, 0.1) is 6.54 Å². The summed E-state index contributed by atoms with van der Waals surface area (Å²) in [6.07, 6.45) is 1.69. The summed E-state index contributed by atoms with van der Waals surface area (Å²) >= 11 is 1.82. The van der Waals surface area contributed by atoms with Crippen molar-refractivity contribution in [2.24, 2.45) is 5.41 Å². The summed E-state index contributed by atoms with van der Waals surface area (Å²) < 4.78 is 19.3. The highest BCUT2D eigenvalue weighted by Gasteiger charge is 2.52. The number of aromatic nitrogens is 1. The van der Waals surface area contributed by atoms with Crippen LogP contribution < -0.4 is 15.2 Å². The van der Waals surface area contributed by atoms with Gasteiger partial charge in [0.15, 0.2) is 11.9 Å². The first-order valence-corrected chi connectivity index (χ1v) is 12.9. The molecule has 0 N–H and O–H groups in total. The van der Waals surface area contributed by atoms with Crippen molar-refractivity contribution >= 4 is 23.8 Å². The van der Waals surface area contributed by atoms with E-state index in [-0.39, 0.29) is 17.8 Å². The molecule has 2 aliphatic rings. The van der Waals surface area contributed by atoms with Crippen molar-refractivity contribution in [3.63, 3.8) is 0 Å². The van der Waals surface area contributed by atoms with Crippen molar-refractivity contribution in [2.45, 2.75) is 58.8 Å². The zero-order valence-electron chi connectivity index (χ0n) is 20.6. The molecule has 1 amide bonds. The Hall–Kier alpha value is -2.94. The lowest BCUT2D eigenvalue weighted by atomic mass is 9.73. The van der Waals surface area contributed by atoms with E-state index in [0.717, 1.165) is 29.9 Å². The first-order chi connectivity index (χ1) is 16.6. The minimum atomic E-state index is -0.737. The fourth-order valence-electron chi connectivity index (χ4n) is 4.61. The standard InChI is InChI=1S/C26H32N2O6S/c1-18(29)33-23-21-22(32-16-19-8-6-5-7-9-19)20(30)10-13-27(21)28(24(31)34-25(2,3)4)17-26(23)11-14-35-15-12-26/h5-10,13,23H,11-12,14-17H2,1-4H3. The van der Waals surface area contributed by atoms with Crippen LogP contribution in [0.3, 0.4) is 0 Å². The zero-order chi connectivity index (χ0) is 25.2. The number of amides is 1. The average molecular weight is 501 g/mol. The second kappa shape index (κ2) is 9.97. The number of ether oxygens (including phenoxy) is 3. The molecule has 1 saturated heterocycles. The van der Waals surface area contributed by atoms with E-state index in [1.807, 2.05) is 62.9 Å². The normalized spacial score (nSPS) is 19.1. The molecule has 4 rings (SSSR count). The van der Waals surface area contributed by atoms with Crippen molar-refractivity contribution < 1.29 is 23.8 Å². The summed E-state index contributed by atoms with van der Waals surface area (Å²) in [7, 11) is 0. The third-order valence-corrected chi connectivity index (χ3v) is 7.19. The molecule has 2 aromatic rings. The number of rotatable bonds is 4. The molecule has 9 heteroatoms. The summed E-state index contributed by atoms with van der Waals surface area (Å²) in [6, 6.07) is 10.9. The lowest BCUT2D eigenvalue weighted by Crippen LogP contribution is -2.58. The van der Waals surface area contributed by atoms with Crippen molar-refractivity contribution in [2.75, 3.05) is 23.1 Å². The van der Waals surface area contributed by atoms with Gasteiger partial charge in [-0.25, -0.2) is 9.80 Å².